The zero-order valence-electron chi connectivity index (χ0n) is 21.4. The lowest BCUT2D eigenvalue weighted by Crippen LogP contribution is -2.28. The molecule has 1 aliphatic carbocycles. The van der Waals surface area contributed by atoms with E-state index in [1.807, 2.05) is 0 Å². The smallest absolute Gasteiger partial charge is 0.348 e. The molecule has 1 aliphatic heterocycles. The predicted molar refractivity (Wildman–Crippen MR) is 132 cm³/mol. The molecule has 0 amide bonds. The molecule has 0 N–H and O–H groups in total. The average molecular weight is 539 g/mol. The molecule has 1 saturated heterocycles. The van der Waals surface area contributed by atoms with Crippen LogP contribution in [0.3, 0.4) is 0 Å². The molecule has 2 aliphatic rings. The highest BCUT2D eigenvalue weighted by atomic mass is 19.4. The van der Waals surface area contributed by atoms with Crippen molar-refractivity contribution >= 4 is 0 Å². The van der Waals surface area contributed by atoms with E-state index in [9.17, 15) is 26.3 Å². The molecule has 1 heterocycles. The van der Waals surface area contributed by atoms with Crippen LogP contribution >= 0.6 is 0 Å². The van der Waals surface area contributed by atoms with E-state index in [1.54, 1.807) is 6.07 Å². The second-order valence-corrected chi connectivity index (χ2v) is 10.4. The fourth-order valence-electron chi connectivity index (χ4n) is 5.48. The van der Waals surface area contributed by atoms with E-state index in [-0.39, 0.29) is 17.0 Å². The Labute approximate surface area is 219 Å². The summed E-state index contributed by atoms with van der Waals surface area (Å²) >= 11 is 0. The third-order valence-electron chi connectivity index (χ3n) is 7.56. The highest BCUT2D eigenvalue weighted by molar-refractivity contribution is 5.66. The molecule has 2 nitrogen and oxygen atoms in total. The van der Waals surface area contributed by atoms with Gasteiger partial charge >= 0.3 is 6.18 Å². The Morgan fingerprint density at radius 3 is 1.92 bits per heavy atom. The topological polar surface area (TPSA) is 18.5 Å². The van der Waals surface area contributed by atoms with Gasteiger partial charge in [-0.3, -0.25) is 0 Å². The summed E-state index contributed by atoms with van der Waals surface area (Å²) in [6, 6.07) is 5.59. The van der Waals surface area contributed by atoms with Crippen LogP contribution in [0.4, 0.5) is 26.3 Å². The zero-order valence-corrected chi connectivity index (χ0v) is 21.4. The molecule has 8 heteroatoms. The van der Waals surface area contributed by atoms with Gasteiger partial charge in [0.15, 0.2) is 6.29 Å². The molecule has 2 fully saturated rings. The summed E-state index contributed by atoms with van der Waals surface area (Å²) in [7, 11) is 0. The van der Waals surface area contributed by atoms with Crippen LogP contribution in [0.1, 0.15) is 75.7 Å². The summed E-state index contributed by atoms with van der Waals surface area (Å²) in [4.78, 5) is 0. The quantitative estimate of drug-likeness (QED) is 0.259. The lowest BCUT2D eigenvalue weighted by Gasteiger charge is -2.32. The predicted octanol–water partition coefficient (Wildman–Crippen LogP) is 8.73. The molecule has 38 heavy (non-hydrogen) atoms. The Balaban J connectivity index is 1.32. The third kappa shape index (κ3) is 7.54. The van der Waals surface area contributed by atoms with Gasteiger partial charge < -0.3 is 9.47 Å². The highest BCUT2D eigenvalue weighted by Gasteiger charge is 2.27. The molecule has 1 saturated carbocycles. The number of hydrogen-bond donors (Lipinski definition) is 0. The van der Waals surface area contributed by atoms with E-state index in [1.165, 1.54) is 56.6 Å². The van der Waals surface area contributed by atoms with Gasteiger partial charge in [-0.1, -0.05) is 69.9 Å². The Kier molecular flexibility index (Phi) is 9.43. The highest BCUT2D eigenvalue weighted by Crippen LogP contribution is 2.36. The van der Waals surface area contributed by atoms with Crippen molar-refractivity contribution in [2.45, 2.75) is 70.8 Å². The van der Waals surface area contributed by atoms with Crippen LogP contribution in [0.5, 0.6) is 0 Å². The van der Waals surface area contributed by atoms with Crippen LogP contribution < -0.4 is 0 Å². The van der Waals surface area contributed by atoms with Gasteiger partial charge in [-0.15, -0.1) is 0 Å². The lowest BCUT2D eigenvalue weighted by molar-refractivity contribution is -0.206. The first-order valence-corrected chi connectivity index (χ1v) is 13.2. The molecule has 2 aromatic rings. The Morgan fingerprint density at radius 1 is 0.789 bits per heavy atom. The van der Waals surface area contributed by atoms with E-state index in [0.29, 0.717) is 18.8 Å². The Hall–Kier alpha value is -2.50. The molecule has 0 radical (unpaired) electrons. The first-order valence-electron chi connectivity index (χ1n) is 13.2. The number of halogens is 6. The summed E-state index contributed by atoms with van der Waals surface area (Å²) in [5, 5.41) is 0. The van der Waals surface area contributed by atoms with Crippen LogP contribution in [-0.4, -0.2) is 19.4 Å². The van der Waals surface area contributed by atoms with Crippen molar-refractivity contribution in [1.82, 2.24) is 0 Å². The molecule has 0 bridgehead atoms. The van der Waals surface area contributed by atoms with Crippen LogP contribution in [0.25, 0.3) is 11.1 Å². The van der Waals surface area contributed by atoms with E-state index in [4.69, 9.17) is 9.47 Å². The van der Waals surface area contributed by atoms with Crippen molar-refractivity contribution in [2.75, 3.05) is 13.2 Å². The van der Waals surface area contributed by atoms with Gasteiger partial charge in [0, 0.05) is 23.0 Å². The maximum atomic E-state index is 14.9. The standard InChI is InChI=1S/C30H32F6O2/c1-2-3-19-4-6-20(7-5-19)8-9-21-17-37-29(38-18-21)22-10-11-24(26(31)14-22)23-15-27(32)25(28(33)16-23)12-13-30(34,35)36/h10-11,14-16,19-21,29H,2-9,17-18H2,1H3. The molecule has 4 rings (SSSR count). The molecular weight excluding hydrogens is 506 g/mol. The van der Waals surface area contributed by atoms with Crippen molar-refractivity contribution in [3.8, 4) is 23.0 Å². The minimum absolute atomic E-state index is 0.107. The largest absolute Gasteiger partial charge is 0.458 e. The maximum Gasteiger partial charge on any atom is 0.458 e. The normalized spacial score (nSPS) is 24.1. The van der Waals surface area contributed by atoms with Gasteiger partial charge in [-0.05, 0) is 42.0 Å². The average Bonchev–Trinajstić information content (AvgIpc) is 2.87. The molecule has 0 unspecified atom stereocenters. The molecular formula is C30H32F6O2. The van der Waals surface area contributed by atoms with E-state index >= 15 is 0 Å². The van der Waals surface area contributed by atoms with Gasteiger partial charge in [-0.2, -0.15) is 13.2 Å². The van der Waals surface area contributed by atoms with E-state index in [2.05, 4.69) is 6.92 Å². The summed E-state index contributed by atoms with van der Waals surface area (Å²) < 4.78 is 92.0. The summed E-state index contributed by atoms with van der Waals surface area (Å²) in [5.74, 6) is 0.856. The fourth-order valence-corrected chi connectivity index (χ4v) is 5.48. The second kappa shape index (κ2) is 12.6. The monoisotopic (exact) mass is 538 g/mol. The fraction of sp³-hybridized carbons (Fsp3) is 0.533. The number of hydrogen-bond acceptors (Lipinski definition) is 2. The van der Waals surface area contributed by atoms with Crippen molar-refractivity contribution in [3.05, 3.63) is 58.9 Å². The van der Waals surface area contributed by atoms with Crippen molar-refractivity contribution in [1.29, 1.82) is 0 Å². The van der Waals surface area contributed by atoms with E-state index in [0.717, 1.165) is 42.7 Å². The van der Waals surface area contributed by atoms with Gasteiger partial charge in [0.05, 0.1) is 18.8 Å². The summed E-state index contributed by atoms with van der Waals surface area (Å²) in [6.45, 7) is 3.27. The van der Waals surface area contributed by atoms with Crippen molar-refractivity contribution in [3.63, 3.8) is 0 Å². The van der Waals surface area contributed by atoms with Gasteiger partial charge in [0.1, 0.15) is 17.5 Å². The molecule has 2 aromatic carbocycles. The van der Waals surface area contributed by atoms with Crippen LogP contribution in [0.2, 0.25) is 0 Å². The van der Waals surface area contributed by atoms with Crippen LogP contribution in [-0.2, 0) is 9.47 Å². The number of alkyl halides is 3. The van der Waals surface area contributed by atoms with Crippen molar-refractivity contribution in [2.24, 2.45) is 17.8 Å². The minimum atomic E-state index is -4.89. The van der Waals surface area contributed by atoms with Gasteiger partial charge in [0.25, 0.3) is 0 Å². The molecule has 0 spiro atoms. The van der Waals surface area contributed by atoms with Gasteiger partial charge in [-0.25, -0.2) is 13.2 Å². The zero-order chi connectivity index (χ0) is 27.3. The van der Waals surface area contributed by atoms with Crippen LogP contribution in [0.15, 0.2) is 30.3 Å². The minimum Gasteiger partial charge on any atom is -0.348 e. The summed E-state index contributed by atoms with van der Waals surface area (Å²) in [5.41, 5.74) is -0.849. The number of rotatable bonds is 7. The Morgan fingerprint density at radius 2 is 1.37 bits per heavy atom. The SMILES string of the molecule is CCCC1CCC(CCC2COC(c3ccc(-c4cc(F)c(C#CC(F)(F)F)c(F)c4)c(F)c3)OC2)CC1. The van der Waals surface area contributed by atoms with E-state index < -0.39 is 35.5 Å². The molecule has 206 valence electrons. The lowest BCUT2D eigenvalue weighted by atomic mass is 9.77. The summed E-state index contributed by atoms with van der Waals surface area (Å²) in [6.07, 6.45) is 4.40. The third-order valence-corrected chi connectivity index (χ3v) is 7.56. The van der Waals surface area contributed by atoms with Gasteiger partial charge in [0.2, 0.25) is 0 Å². The second-order valence-electron chi connectivity index (χ2n) is 10.4. The number of benzene rings is 2. The van der Waals surface area contributed by atoms with Crippen molar-refractivity contribution < 1.29 is 35.8 Å². The number of ether oxygens (including phenoxy) is 2. The molecule has 0 atom stereocenters. The Bertz CT molecular complexity index is 1130. The molecule has 0 aromatic heterocycles. The first-order chi connectivity index (χ1) is 18.1. The maximum absolute atomic E-state index is 14.9. The van der Waals surface area contributed by atoms with Crippen LogP contribution in [0, 0.1) is 47.0 Å². The first kappa shape index (κ1) is 28.5.